The monoisotopic (exact) mass is 296 g/mol. The van der Waals surface area contributed by atoms with Gasteiger partial charge in [0.05, 0.1) is 5.69 Å². The standard InChI is InChI=1S/C18H24N4/c1-13-21-15(10-19)9-16(22-13)20-12-18(11-17(18,2)3)14-7-5-4-6-8-14/h4-9H,10-12,19H2,1-3H3,(H,20,21,22)/t18-/m0/s1. The molecule has 116 valence electrons. The molecular formula is C18H24N4. The van der Waals surface area contributed by atoms with Gasteiger partial charge in [-0.25, -0.2) is 9.97 Å². The van der Waals surface area contributed by atoms with Crippen LogP contribution in [0.3, 0.4) is 0 Å². The maximum Gasteiger partial charge on any atom is 0.130 e. The first-order valence-corrected chi connectivity index (χ1v) is 7.81. The maximum atomic E-state index is 5.70. The molecule has 0 amide bonds. The van der Waals surface area contributed by atoms with Crippen LogP contribution in [-0.2, 0) is 12.0 Å². The average molecular weight is 296 g/mol. The van der Waals surface area contributed by atoms with E-state index in [9.17, 15) is 0 Å². The predicted octanol–water partition coefficient (Wildman–Crippen LogP) is 3.02. The van der Waals surface area contributed by atoms with Crippen LogP contribution in [0.4, 0.5) is 5.82 Å². The van der Waals surface area contributed by atoms with Crippen LogP contribution in [0.1, 0.15) is 37.4 Å². The van der Waals surface area contributed by atoms with Gasteiger partial charge in [-0.3, -0.25) is 0 Å². The number of nitrogens with two attached hydrogens (primary N) is 1. The molecule has 1 atom stereocenters. The van der Waals surface area contributed by atoms with Gasteiger partial charge in [-0.1, -0.05) is 44.2 Å². The molecule has 4 heteroatoms. The highest BCUT2D eigenvalue weighted by Crippen LogP contribution is 2.64. The summed E-state index contributed by atoms with van der Waals surface area (Å²) in [6, 6.07) is 12.7. The molecule has 4 nitrogen and oxygen atoms in total. The highest BCUT2D eigenvalue weighted by atomic mass is 15.0. The summed E-state index contributed by atoms with van der Waals surface area (Å²) >= 11 is 0. The molecule has 22 heavy (non-hydrogen) atoms. The van der Waals surface area contributed by atoms with Crippen LogP contribution in [0.15, 0.2) is 36.4 Å². The molecule has 0 bridgehead atoms. The lowest BCUT2D eigenvalue weighted by atomic mass is 9.88. The van der Waals surface area contributed by atoms with Crippen molar-refractivity contribution in [1.29, 1.82) is 0 Å². The minimum Gasteiger partial charge on any atom is -0.369 e. The summed E-state index contributed by atoms with van der Waals surface area (Å²) in [4.78, 5) is 8.80. The molecule has 3 rings (SSSR count). The van der Waals surface area contributed by atoms with Gasteiger partial charge in [-0.2, -0.15) is 0 Å². The summed E-state index contributed by atoms with van der Waals surface area (Å²) in [5.41, 5.74) is 8.45. The number of anilines is 1. The van der Waals surface area contributed by atoms with E-state index in [1.165, 1.54) is 12.0 Å². The Balaban J connectivity index is 1.81. The summed E-state index contributed by atoms with van der Waals surface area (Å²) in [6.07, 6.45) is 1.19. The number of rotatable bonds is 5. The zero-order valence-corrected chi connectivity index (χ0v) is 13.6. The Hall–Kier alpha value is -1.94. The van der Waals surface area contributed by atoms with Crippen LogP contribution in [0, 0.1) is 12.3 Å². The van der Waals surface area contributed by atoms with Gasteiger partial charge >= 0.3 is 0 Å². The fraction of sp³-hybridized carbons (Fsp3) is 0.444. The van der Waals surface area contributed by atoms with Crippen molar-refractivity contribution in [3.63, 3.8) is 0 Å². The van der Waals surface area contributed by atoms with Gasteiger partial charge in [0.15, 0.2) is 0 Å². The summed E-state index contributed by atoms with van der Waals surface area (Å²) in [7, 11) is 0. The van der Waals surface area contributed by atoms with Gasteiger partial charge in [0.2, 0.25) is 0 Å². The fourth-order valence-electron chi connectivity index (χ4n) is 3.43. The Kier molecular flexibility index (Phi) is 3.65. The lowest BCUT2D eigenvalue weighted by Crippen LogP contribution is -2.25. The number of nitrogens with zero attached hydrogens (tertiary/aromatic N) is 2. The molecule has 3 N–H and O–H groups in total. The zero-order valence-electron chi connectivity index (χ0n) is 13.6. The van der Waals surface area contributed by atoms with Crippen LogP contribution < -0.4 is 11.1 Å². The molecule has 1 aromatic carbocycles. The molecule has 1 fully saturated rings. The van der Waals surface area contributed by atoms with E-state index in [1.54, 1.807) is 0 Å². The summed E-state index contributed by atoms with van der Waals surface area (Å²) in [5, 5.41) is 3.51. The Labute approximate surface area is 132 Å². The molecule has 0 spiro atoms. The molecule has 0 unspecified atom stereocenters. The van der Waals surface area contributed by atoms with Crippen molar-refractivity contribution in [2.75, 3.05) is 11.9 Å². The molecule has 1 heterocycles. The van der Waals surface area contributed by atoms with Crippen LogP contribution in [-0.4, -0.2) is 16.5 Å². The first-order valence-electron chi connectivity index (χ1n) is 7.81. The number of aromatic nitrogens is 2. The van der Waals surface area contributed by atoms with Crippen LogP contribution in [0.25, 0.3) is 0 Å². The average Bonchev–Trinajstić information content (AvgIpc) is 3.08. The van der Waals surface area contributed by atoms with E-state index in [0.717, 1.165) is 23.9 Å². The fourth-order valence-corrected chi connectivity index (χ4v) is 3.43. The Morgan fingerprint density at radius 1 is 1.18 bits per heavy atom. The van der Waals surface area contributed by atoms with Gasteiger partial charge in [0.25, 0.3) is 0 Å². The first-order chi connectivity index (χ1) is 10.5. The van der Waals surface area contributed by atoms with E-state index in [4.69, 9.17) is 5.73 Å². The molecule has 0 aliphatic heterocycles. The van der Waals surface area contributed by atoms with E-state index in [-0.39, 0.29) is 5.41 Å². The van der Waals surface area contributed by atoms with Gasteiger partial charge in [-0.15, -0.1) is 0 Å². The normalized spacial score (nSPS) is 22.4. The summed E-state index contributed by atoms with van der Waals surface area (Å²) in [5.74, 6) is 1.63. The van der Waals surface area contributed by atoms with E-state index in [2.05, 4.69) is 59.5 Å². The molecule has 2 aromatic rings. The quantitative estimate of drug-likeness (QED) is 0.890. The number of benzene rings is 1. The topological polar surface area (TPSA) is 63.8 Å². The van der Waals surface area contributed by atoms with Crippen molar-refractivity contribution in [3.8, 4) is 0 Å². The SMILES string of the molecule is Cc1nc(CN)cc(NC[C@]2(c3ccccc3)CC2(C)C)n1. The Bertz CT molecular complexity index is 666. The Morgan fingerprint density at radius 3 is 2.45 bits per heavy atom. The van der Waals surface area contributed by atoms with Crippen molar-refractivity contribution in [3.05, 3.63) is 53.5 Å². The molecule has 1 saturated carbocycles. The second-order valence-electron chi connectivity index (χ2n) is 6.86. The molecule has 1 aromatic heterocycles. The second-order valence-corrected chi connectivity index (χ2v) is 6.86. The van der Waals surface area contributed by atoms with Gasteiger partial charge < -0.3 is 11.1 Å². The van der Waals surface area contributed by atoms with Gasteiger partial charge in [0, 0.05) is 24.6 Å². The maximum absolute atomic E-state index is 5.70. The number of nitrogens with one attached hydrogen (secondary N) is 1. The van der Waals surface area contributed by atoms with Gasteiger partial charge in [-0.05, 0) is 24.3 Å². The summed E-state index contributed by atoms with van der Waals surface area (Å²) < 4.78 is 0. The van der Waals surface area contributed by atoms with E-state index >= 15 is 0 Å². The Morgan fingerprint density at radius 2 is 1.86 bits per heavy atom. The van der Waals surface area contributed by atoms with Crippen LogP contribution in [0.2, 0.25) is 0 Å². The third kappa shape index (κ3) is 2.59. The minimum atomic E-state index is 0.177. The minimum absolute atomic E-state index is 0.177. The lowest BCUT2D eigenvalue weighted by molar-refractivity contribution is 0.512. The van der Waals surface area contributed by atoms with Crippen molar-refractivity contribution < 1.29 is 0 Å². The van der Waals surface area contributed by atoms with Crippen molar-refractivity contribution in [1.82, 2.24) is 9.97 Å². The highest BCUT2D eigenvalue weighted by Gasteiger charge is 2.61. The van der Waals surface area contributed by atoms with E-state index in [1.807, 2.05) is 13.0 Å². The highest BCUT2D eigenvalue weighted by molar-refractivity contribution is 5.43. The van der Waals surface area contributed by atoms with E-state index < -0.39 is 0 Å². The van der Waals surface area contributed by atoms with Crippen molar-refractivity contribution >= 4 is 5.82 Å². The predicted molar refractivity (Wildman–Crippen MR) is 89.7 cm³/mol. The number of hydrogen-bond donors (Lipinski definition) is 2. The van der Waals surface area contributed by atoms with Crippen molar-refractivity contribution in [2.45, 2.75) is 39.2 Å². The molecular weight excluding hydrogens is 272 g/mol. The second kappa shape index (κ2) is 5.36. The van der Waals surface area contributed by atoms with Crippen molar-refractivity contribution in [2.24, 2.45) is 11.1 Å². The molecule has 0 radical (unpaired) electrons. The lowest BCUT2D eigenvalue weighted by Gasteiger charge is -2.22. The number of aryl methyl sites for hydroxylation is 1. The summed E-state index contributed by atoms with van der Waals surface area (Å²) in [6.45, 7) is 7.88. The van der Waals surface area contributed by atoms with E-state index in [0.29, 0.717) is 12.0 Å². The molecule has 1 aliphatic rings. The third-order valence-corrected chi connectivity index (χ3v) is 4.91. The van der Waals surface area contributed by atoms with Gasteiger partial charge in [0.1, 0.15) is 11.6 Å². The smallest absolute Gasteiger partial charge is 0.130 e. The largest absolute Gasteiger partial charge is 0.369 e. The molecule has 1 aliphatic carbocycles. The molecule has 0 saturated heterocycles. The van der Waals surface area contributed by atoms with Crippen LogP contribution in [0.5, 0.6) is 0 Å². The first kappa shape index (κ1) is 15.0. The third-order valence-electron chi connectivity index (χ3n) is 4.91. The zero-order chi connectivity index (χ0) is 15.8. The number of hydrogen-bond acceptors (Lipinski definition) is 4. The van der Waals surface area contributed by atoms with Crippen LogP contribution >= 0.6 is 0 Å².